The normalized spacial score (nSPS) is 11.9. The molecule has 0 unspecified atom stereocenters. The predicted octanol–water partition coefficient (Wildman–Crippen LogP) is 5.02. The van der Waals surface area contributed by atoms with Crippen LogP contribution in [0.1, 0.15) is 48.4 Å². The fourth-order valence-electron chi connectivity index (χ4n) is 4.99. The van der Waals surface area contributed by atoms with Crippen molar-refractivity contribution in [2.24, 2.45) is 0 Å². The van der Waals surface area contributed by atoms with Crippen LogP contribution in [0.25, 0.3) is 0 Å². The van der Waals surface area contributed by atoms with E-state index in [1.54, 1.807) is 12.0 Å². The molecule has 0 radical (unpaired) electrons. The van der Waals surface area contributed by atoms with Gasteiger partial charge in [-0.15, -0.1) is 0 Å². The van der Waals surface area contributed by atoms with Crippen molar-refractivity contribution in [3.8, 4) is 5.75 Å². The summed E-state index contributed by atoms with van der Waals surface area (Å²) in [5.74, 6) is 0.219. The average molecular weight is 594 g/mol. The fraction of sp³-hybridized carbons (Fsp3) is 0.394. The number of ether oxygens (including phenoxy) is 1. The molecular weight excluding hydrogens is 550 g/mol. The standard InChI is InChI=1S/C33H43N3O5S/c1-6-17-34-33(38)31(23-27-12-8-7-9-13-27)35(24-28-14-10-15-30(22-28)41-4)32(37)16-11-18-36(42(5,39)40)29-20-25(2)19-26(3)21-29/h7-10,12-15,19-22,31H,6,11,16-18,23-24H2,1-5H3,(H,34,38)/t31-/m1/s1. The minimum absolute atomic E-state index is 0.0765. The monoisotopic (exact) mass is 593 g/mol. The highest BCUT2D eigenvalue weighted by Crippen LogP contribution is 2.23. The Morgan fingerprint density at radius 1 is 0.929 bits per heavy atom. The Kier molecular flexibility index (Phi) is 12.0. The van der Waals surface area contributed by atoms with Gasteiger partial charge < -0.3 is 15.0 Å². The van der Waals surface area contributed by atoms with Crippen molar-refractivity contribution >= 4 is 27.5 Å². The first-order valence-electron chi connectivity index (χ1n) is 14.3. The van der Waals surface area contributed by atoms with Gasteiger partial charge in [-0.1, -0.05) is 55.5 Å². The molecule has 42 heavy (non-hydrogen) atoms. The third kappa shape index (κ3) is 9.62. The number of carbonyl (C=O) groups excluding carboxylic acids is 2. The second kappa shape index (κ2) is 15.4. The van der Waals surface area contributed by atoms with Gasteiger partial charge in [0.1, 0.15) is 11.8 Å². The van der Waals surface area contributed by atoms with Gasteiger partial charge in [0.05, 0.1) is 19.1 Å². The van der Waals surface area contributed by atoms with E-state index in [-0.39, 0.29) is 31.3 Å². The third-order valence-corrected chi connectivity index (χ3v) is 8.15. The van der Waals surface area contributed by atoms with Crippen LogP contribution in [0.4, 0.5) is 5.69 Å². The molecule has 3 aromatic rings. The topological polar surface area (TPSA) is 96.0 Å². The highest BCUT2D eigenvalue weighted by atomic mass is 32.2. The Labute approximate surface area is 250 Å². The number of anilines is 1. The molecule has 0 bridgehead atoms. The van der Waals surface area contributed by atoms with Gasteiger partial charge in [0, 0.05) is 32.5 Å². The number of nitrogens with zero attached hydrogens (tertiary/aromatic N) is 2. The Hall–Kier alpha value is -3.85. The van der Waals surface area contributed by atoms with E-state index in [9.17, 15) is 18.0 Å². The first-order chi connectivity index (χ1) is 20.0. The first-order valence-corrected chi connectivity index (χ1v) is 16.2. The number of carbonyl (C=O) groups is 2. The van der Waals surface area contributed by atoms with Gasteiger partial charge in [-0.25, -0.2) is 8.42 Å². The Bertz CT molecular complexity index is 1420. The van der Waals surface area contributed by atoms with Gasteiger partial charge in [-0.3, -0.25) is 13.9 Å². The lowest BCUT2D eigenvalue weighted by Crippen LogP contribution is -2.50. The minimum Gasteiger partial charge on any atom is -0.497 e. The lowest BCUT2D eigenvalue weighted by molar-refractivity contribution is -0.141. The van der Waals surface area contributed by atoms with Crippen LogP contribution < -0.4 is 14.4 Å². The van der Waals surface area contributed by atoms with Crippen LogP contribution in [0.2, 0.25) is 0 Å². The highest BCUT2D eigenvalue weighted by Gasteiger charge is 2.30. The predicted molar refractivity (Wildman–Crippen MR) is 168 cm³/mol. The second-order valence-corrected chi connectivity index (χ2v) is 12.6. The van der Waals surface area contributed by atoms with Gasteiger partial charge >= 0.3 is 0 Å². The second-order valence-electron chi connectivity index (χ2n) is 10.7. The van der Waals surface area contributed by atoms with Crippen molar-refractivity contribution in [1.82, 2.24) is 10.2 Å². The zero-order valence-corrected chi connectivity index (χ0v) is 26.1. The number of benzene rings is 3. The van der Waals surface area contributed by atoms with Gasteiger partial charge in [0.15, 0.2) is 0 Å². The largest absolute Gasteiger partial charge is 0.497 e. The molecule has 9 heteroatoms. The molecule has 0 fully saturated rings. The SMILES string of the molecule is CCCNC(=O)[C@@H](Cc1ccccc1)N(Cc1cccc(OC)c1)C(=O)CCCN(c1cc(C)cc(C)c1)S(C)(=O)=O. The minimum atomic E-state index is -3.58. The number of rotatable bonds is 15. The van der Waals surface area contributed by atoms with Gasteiger partial charge in [0.25, 0.3) is 0 Å². The molecule has 8 nitrogen and oxygen atoms in total. The van der Waals surface area contributed by atoms with E-state index >= 15 is 0 Å². The maximum Gasteiger partial charge on any atom is 0.243 e. The van der Waals surface area contributed by atoms with Crippen molar-refractivity contribution < 1.29 is 22.7 Å². The Balaban J connectivity index is 1.90. The quantitative estimate of drug-likeness (QED) is 0.267. The molecule has 3 rings (SSSR count). The summed E-state index contributed by atoms with van der Waals surface area (Å²) in [4.78, 5) is 29.1. The summed E-state index contributed by atoms with van der Waals surface area (Å²) >= 11 is 0. The maximum atomic E-state index is 13.9. The number of amides is 2. The van der Waals surface area contributed by atoms with Crippen molar-refractivity contribution in [2.75, 3.05) is 30.8 Å². The van der Waals surface area contributed by atoms with Gasteiger partial charge in [0.2, 0.25) is 21.8 Å². The van der Waals surface area contributed by atoms with Crippen molar-refractivity contribution in [3.63, 3.8) is 0 Å². The van der Waals surface area contributed by atoms with E-state index in [2.05, 4.69) is 5.32 Å². The molecule has 0 aliphatic carbocycles. The Morgan fingerprint density at radius 3 is 2.21 bits per heavy atom. The van der Waals surface area contributed by atoms with Gasteiger partial charge in [-0.2, -0.15) is 0 Å². The summed E-state index contributed by atoms with van der Waals surface area (Å²) in [5.41, 5.74) is 4.27. The number of hydrogen-bond donors (Lipinski definition) is 1. The van der Waals surface area contributed by atoms with E-state index in [4.69, 9.17) is 4.74 Å². The van der Waals surface area contributed by atoms with Crippen molar-refractivity contribution in [1.29, 1.82) is 0 Å². The number of sulfonamides is 1. The van der Waals surface area contributed by atoms with Crippen LogP contribution in [0, 0.1) is 13.8 Å². The number of methoxy groups -OCH3 is 1. The summed E-state index contributed by atoms with van der Waals surface area (Å²) in [6.07, 6.45) is 2.67. The highest BCUT2D eigenvalue weighted by molar-refractivity contribution is 7.92. The lowest BCUT2D eigenvalue weighted by atomic mass is 10.0. The Morgan fingerprint density at radius 2 is 1.60 bits per heavy atom. The maximum absolute atomic E-state index is 13.9. The summed E-state index contributed by atoms with van der Waals surface area (Å²) < 4.78 is 32.2. The number of hydrogen-bond acceptors (Lipinski definition) is 5. The van der Waals surface area contributed by atoms with Crippen LogP contribution in [0.3, 0.4) is 0 Å². The molecule has 0 heterocycles. The third-order valence-electron chi connectivity index (χ3n) is 6.95. The molecule has 0 saturated carbocycles. The van der Waals surface area contributed by atoms with E-state index in [1.807, 2.05) is 93.6 Å². The molecule has 3 aromatic carbocycles. The molecule has 1 atom stereocenters. The molecule has 226 valence electrons. The summed E-state index contributed by atoms with van der Waals surface area (Å²) in [5, 5.41) is 2.98. The molecule has 0 aliphatic heterocycles. The van der Waals surface area contributed by atoms with Crippen LogP contribution in [0.15, 0.2) is 72.8 Å². The zero-order valence-electron chi connectivity index (χ0n) is 25.3. The number of nitrogens with one attached hydrogen (secondary N) is 1. The van der Waals surface area contributed by atoms with E-state index < -0.39 is 16.1 Å². The molecule has 2 amide bonds. The summed E-state index contributed by atoms with van der Waals surface area (Å²) in [6, 6.07) is 22.0. The van der Waals surface area contributed by atoms with Crippen LogP contribution in [-0.4, -0.2) is 57.6 Å². The van der Waals surface area contributed by atoms with E-state index in [0.717, 1.165) is 28.7 Å². The van der Waals surface area contributed by atoms with Crippen LogP contribution in [0.5, 0.6) is 5.75 Å². The zero-order chi connectivity index (χ0) is 30.7. The van der Waals surface area contributed by atoms with Crippen molar-refractivity contribution in [3.05, 3.63) is 95.1 Å². The molecule has 0 aliphatic rings. The van der Waals surface area contributed by atoms with E-state index in [0.29, 0.717) is 30.8 Å². The molecule has 0 saturated heterocycles. The fourth-order valence-corrected chi connectivity index (χ4v) is 5.94. The molecule has 0 aromatic heterocycles. The van der Waals surface area contributed by atoms with Crippen molar-refractivity contribution in [2.45, 2.75) is 59.0 Å². The average Bonchev–Trinajstić information content (AvgIpc) is 2.95. The van der Waals surface area contributed by atoms with Crippen LogP contribution in [-0.2, 0) is 32.6 Å². The summed E-state index contributed by atoms with van der Waals surface area (Å²) in [6.45, 7) is 6.69. The van der Waals surface area contributed by atoms with E-state index in [1.165, 1.54) is 10.6 Å². The first kappa shape index (κ1) is 32.7. The lowest BCUT2D eigenvalue weighted by Gasteiger charge is -2.32. The molecular formula is C33H43N3O5S. The van der Waals surface area contributed by atoms with Crippen LogP contribution >= 0.6 is 0 Å². The summed E-state index contributed by atoms with van der Waals surface area (Å²) in [7, 11) is -1.99. The molecule has 0 spiro atoms. The number of aryl methyl sites for hydroxylation is 2. The smallest absolute Gasteiger partial charge is 0.243 e. The van der Waals surface area contributed by atoms with Gasteiger partial charge in [-0.05, 0) is 73.2 Å². The molecule has 1 N–H and O–H groups in total.